The van der Waals surface area contributed by atoms with Crippen molar-refractivity contribution in [2.45, 2.75) is 19.5 Å². The fourth-order valence-electron chi connectivity index (χ4n) is 3.10. The standard InChI is InChI=1S/C19H22N2O3/c1-14-16-5-4-10-20(16)11-12-21(14)19(22)9-7-15-6-8-17(23-2)18(13-15)24-3/h4-10,13-14H,11-12H2,1-3H3/b9-7+. The van der Waals surface area contributed by atoms with E-state index in [1.165, 1.54) is 5.69 Å². The van der Waals surface area contributed by atoms with Gasteiger partial charge in [0, 0.05) is 31.1 Å². The van der Waals surface area contributed by atoms with Crippen molar-refractivity contribution in [3.8, 4) is 11.5 Å². The highest BCUT2D eigenvalue weighted by atomic mass is 16.5. The average Bonchev–Trinajstić information content (AvgIpc) is 3.09. The molecule has 126 valence electrons. The maximum Gasteiger partial charge on any atom is 0.247 e. The minimum atomic E-state index is 0.0183. The Bertz CT molecular complexity index is 764. The van der Waals surface area contributed by atoms with Gasteiger partial charge in [-0.05, 0) is 42.8 Å². The molecule has 5 nitrogen and oxygen atoms in total. The number of nitrogens with zero attached hydrogens (tertiary/aromatic N) is 2. The third-order valence-corrected chi connectivity index (χ3v) is 4.45. The first-order valence-electron chi connectivity index (χ1n) is 8.00. The van der Waals surface area contributed by atoms with Crippen LogP contribution >= 0.6 is 0 Å². The Morgan fingerprint density at radius 1 is 1.17 bits per heavy atom. The van der Waals surface area contributed by atoms with Gasteiger partial charge in [0.2, 0.25) is 5.91 Å². The minimum absolute atomic E-state index is 0.0183. The molecular weight excluding hydrogens is 304 g/mol. The van der Waals surface area contributed by atoms with E-state index in [1.807, 2.05) is 35.2 Å². The SMILES string of the molecule is COc1ccc(/C=C/C(=O)N2CCn3cccc3C2C)cc1OC. The Morgan fingerprint density at radius 3 is 2.71 bits per heavy atom. The number of methoxy groups -OCH3 is 2. The van der Waals surface area contributed by atoms with Crippen molar-refractivity contribution in [3.05, 3.63) is 53.9 Å². The first-order valence-corrected chi connectivity index (χ1v) is 8.00. The molecule has 5 heteroatoms. The van der Waals surface area contributed by atoms with Gasteiger partial charge in [-0.2, -0.15) is 0 Å². The van der Waals surface area contributed by atoms with Crippen LogP contribution in [0, 0.1) is 0 Å². The number of benzene rings is 1. The number of carbonyl (C=O) groups is 1. The van der Waals surface area contributed by atoms with Crippen molar-refractivity contribution in [2.75, 3.05) is 20.8 Å². The Balaban J connectivity index is 1.74. The summed E-state index contributed by atoms with van der Waals surface area (Å²) < 4.78 is 12.7. The van der Waals surface area contributed by atoms with Crippen LogP contribution in [-0.4, -0.2) is 36.1 Å². The number of hydrogen-bond acceptors (Lipinski definition) is 3. The quantitative estimate of drug-likeness (QED) is 0.811. The summed E-state index contributed by atoms with van der Waals surface area (Å²) in [5.74, 6) is 1.34. The van der Waals surface area contributed by atoms with Crippen LogP contribution in [0.3, 0.4) is 0 Å². The van der Waals surface area contributed by atoms with Crippen LogP contribution in [0.2, 0.25) is 0 Å². The second-order valence-electron chi connectivity index (χ2n) is 5.78. The predicted octanol–water partition coefficient (Wildman–Crippen LogP) is 3.12. The van der Waals surface area contributed by atoms with Crippen molar-refractivity contribution >= 4 is 12.0 Å². The minimum Gasteiger partial charge on any atom is -0.493 e. The Morgan fingerprint density at radius 2 is 1.96 bits per heavy atom. The van der Waals surface area contributed by atoms with Gasteiger partial charge in [-0.25, -0.2) is 0 Å². The number of ether oxygens (including phenoxy) is 2. The molecule has 1 aromatic carbocycles. The molecule has 1 aliphatic rings. The van der Waals surface area contributed by atoms with Crippen LogP contribution in [0.15, 0.2) is 42.6 Å². The van der Waals surface area contributed by atoms with Gasteiger partial charge in [0.15, 0.2) is 11.5 Å². The zero-order valence-electron chi connectivity index (χ0n) is 14.2. The third-order valence-electron chi connectivity index (χ3n) is 4.45. The molecule has 1 unspecified atom stereocenters. The molecule has 3 rings (SSSR count). The van der Waals surface area contributed by atoms with Gasteiger partial charge < -0.3 is 18.9 Å². The smallest absolute Gasteiger partial charge is 0.247 e. The predicted molar refractivity (Wildman–Crippen MR) is 93.1 cm³/mol. The van der Waals surface area contributed by atoms with E-state index in [1.54, 1.807) is 20.3 Å². The summed E-state index contributed by atoms with van der Waals surface area (Å²) in [5.41, 5.74) is 2.07. The van der Waals surface area contributed by atoms with E-state index in [9.17, 15) is 4.79 Å². The van der Waals surface area contributed by atoms with Crippen LogP contribution in [0.1, 0.15) is 24.2 Å². The van der Waals surface area contributed by atoms with Gasteiger partial charge >= 0.3 is 0 Å². The first-order chi connectivity index (χ1) is 11.6. The van der Waals surface area contributed by atoms with E-state index < -0.39 is 0 Å². The first kappa shape index (κ1) is 16.2. The molecule has 0 aliphatic carbocycles. The monoisotopic (exact) mass is 326 g/mol. The topological polar surface area (TPSA) is 43.7 Å². The lowest BCUT2D eigenvalue weighted by Gasteiger charge is -2.34. The number of carbonyl (C=O) groups excluding carboxylic acids is 1. The molecule has 2 aromatic rings. The van der Waals surface area contributed by atoms with Crippen molar-refractivity contribution in [2.24, 2.45) is 0 Å². The molecule has 0 spiro atoms. The molecule has 0 N–H and O–H groups in total. The van der Waals surface area contributed by atoms with Crippen LogP contribution in [0.25, 0.3) is 6.08 Å². The molecule has 0 radical (unpaired) electrons. The number of hydrogen-bond donors (Lipinski definition) is 0. The Kier molecular flexibility index (Phi) is 4.60. The molecule has 2 heterocycles. The van der Waals surface area contributed by atoms with Crippen molar-refractivity contribution in [1.82, 2.24) is 9.47 Å². The van der Waals surface area contributed by atoms with Crippen LogP contribution < -0.4 is 9.47 Å². The second kappa shape index (κ2) is 6.83. The highest BCUT2D eigenvalue weighted by Gasteiger charge is 2.25. The summed E-state index contributed by atoms with van der Waals surface area (Å²) in [6.45, 7) is 3.62. The summed E-state index contributed by atoms with van der Waals surface area (Å²) >= 11 is 0. The third kappa shape index (κ3) is 3.02. The van der Waals surface area contributed by atoms with E-state index in [-0.39, 0.29) is 11.9 Å². The summed E-state index contributed by atoms with van der Waals surface area (Å²) in [7, 11) is 3.20. The zero-order chi connectivity index (χ0) is 17.1. The van der Waals surface area contributed by atoms with Gasteiger partial charge in [0.05, 0.1) is 20.3 Å². The van der Waals surface area contributed by atoms with Gasteiger partial charge in [0.25, 0.3) is 0 Å². The molecule has 0 bridgehead atoms. The molecule has 1 amide bonds. The fraction of sp³-hybridized carbons (Fsp3) is 0.316. The van der Waals surface area contributed by atoms with Gasteiger partial charge in [0.1, 0.15) is 0 Å². The average molecular weight is 326 g/mol. The highest BCUT2D eigenvalue weighted by Crippen LogP contribution is 2.28. The normalized spacial score (nSPS) is 17.0. The number of fused-ring (bicyclic) bond motifs is 1. The van der Waals surface area contributed by atoms with Gasteiger partial charge in [-0.3, -0.25) is 4.79 Å². The molecule has 1 aliphatic heterocycles. The second-order valence-corrected chi connectivity index (χ2v) is 5.78. The lowest BCUT2D eigenvalue weighted by molar-refractivity contribution is -0.129. The molecule has 0 saturated heterocycles. The van der Waals surface area contributed by atoms with Crippen molar-refractivity contribution in [1.29, 1.82) is 0 Å². The maximum atomic E-state index is 12.6. The van der Waals surface area contributed by atoms with Crippen molar-refractivity contribution < 1.29 is 14.3 Å². The summed E-state index contributed by atoms with van der Waals surface area (Å²) in [5, 5.41) is 0. The molecular formula is C19H22N2O3. The Hall–Kier alpha value is -2.69. The molecule has 0 saturated carbocycles. The zero-order valence-corrected chi connectivity index (χ0v) is 14.2. The van der Waals surface area contributed by atoms with Gasteiger partial charge in [-0.15, -0.1) is 0 Å². The largest absolute Gasteiger partial charge is 0.493 e. The van der Waals surface area contributed by atoms with E-state index in [4.69, 9.17) is 9.47 Å². The van der Waals surface area contributed by atoms with E-state index >= 15 is 0 Å². The lowest BCUT2D eigenvalue weighted by Crippen LogP contribution is -2.39. The van der Waals surface area contributed by atoms with E-state index in [0.717, 1.165) is 18.7 Å². The molecule has 1 aromatic heterocycles. The van der Waals surface area contributed by atoms with Crippen LogP contribution in [0.5, 0.6) is 11.5 Å². The highest BCUT2D eigenvalue weighted by molar-refractivity contribution is 5.92. The van der Waals surface area contributed by atoms with E-state index in [2.05, 4.69) is 23.8 Å². The number of rotatable bonds is 4. The Labute approximate surface area is 142 Å². The fourth-order valence-corrected chi connectivity index (χ4v) is 3.10. The molecule has 0 fully saturated rings. The maximum absolute atomic E-state index is 12.6. The van der Waals surface area contributed by atoms with Crippen LogP contribution in [-0.2, 0) is 11.3 Å². The number of amides is 1. The summed E-state index contributed by atoms with van der Waals surface area (Å²) in [6.07, 6.45) is 5.49. The van der Waals surface area contributed by atoms with Crippen molar-refractivity contribution in [3.63, 3.8) is 0 Å². The summed E-state index contributed by atoms with van der Waals surface area (Å²) in [6, 6.07) is 9.76. The lowest BCUT2D eigenvalue weighted by atomic mass is 10.1. The van der Waals surface area contributed by atoms with Crippen LogP contribution in [0.4, 0.5) is 0 Å². The molecule has 24 heavy (non-hydrogen) atoms. The number of aromatic nitrogens is 1. The summed E-state index contributed by atoms with van der Waals surface area (Å²) in [4.78, 5) is 14.5. The van der Waals surface area contributed by atoms with E-state index in [0.29, 0.717) is 11.5 Å². The van der Waals surface area contributed by atoms with Gasteiger partial charge in [-0.1, -0.05) is 6.07 Å². The molecule has 1 atom stereocenters.